The van der Waals surface area contributed by atoms with Gasteiger partial charge in [-0.05, 0) is 28.6 Å². The van der Waals surface area contributed by atoms with Crippen LogP contribution in [0, 0.1) is 0 Å². The topological polar surface area (TPSA) is 41.9 Å². The quantitative estimate of drug-likeness (QED) is 0.243. The number of para-hydroxylation sites is 1. The Morgan fingerprint density at radius 2 is 1.26 bits per heavy atom. The molecule has 38 heavy (non-hydrogen) atoms. The first kappa shape index (κ1) is 21.5. The molecule has 0 radical (unpaired) electrons. The Morgan fingerprint density at radius 3 is 2.00 bits per heavy atom. The molecular weight excluding hydrogens is 484 g/mol. The van der Waals surface area contributed by atoms with E-state index in [2.05, 4.69) is 89.8 Å². The van der Waals surface area contributed by atoms with Crippen LogP contribution in [0.15, 0.2) is 115 Å². The van der Waals surface area contributed by atoms with Gasteiger partial charge in [-0.1, -0.05) is 109 Å². The molecule has 5 heteroatoms. The summed E-state index contributed by atoms with van der Waals surface area (Å²) in [5, 5.41) is 1.33. The number of benzene rings is 4. The molecular formula is C33H22N4S. The number of rotatable bonds is 3. The average Bonchev–Trinajstić information content (AvgIpc) is 3.53. The maximum Gasteiger partial charge on any atom is 0.234 e. The van der Waals surface area contributed by atoms with Crippen molar-refractivity contribution in [3.63, 3.8) is 0 Å². The highest BCUT2D eigenvalue weighted by Crippen LogP contribution is 2.54. The largest absolute Gasteiger partial charge is 0.302 e. The SMILES string of the molecule is C1=CC2C(c3ccccc3N2c2nc(-c3ccccc3)nc(-c3ccccc3)n2)c2sc3ccccc3c21. The normalized spacial score (nSPS) is 17.3. The number of nitrogens with zero attached hydrogens (tertiary/aromatic N) is 4. The second kappa shape index (κ2) is 8.47. The van der Waals surface area contributed by atoms with E-state index in [1.807, 2.05) is 47.7 Å². The van der Waals surface area contributed by atoms with Gasteiger partial charge in [0.25, 0.3) is 0 Å². The number of fused-ring (bicyclic) bond motifs is 7. The summed E-state index contributed by atoms with van der Waals surface area (Å²) in [5.41, 5.74) is 5.76. The third-order valence-electron chi connectivity index (χ3n) is 7.48. The van der Waals surface area contributed by atoms with Gasteiger partial charge in [0.05, 0.1) is 6.04 Å². The number of aromatic nitrogens is 3. The fourth-order valence-corrected chi connectivity index (χ4v) is 7.14. The summed E-state index contributed by atoms with van der Waals surface area (Å²) >= 11 is 1.91. The zero-order chi connectivity index (χ0) is 25.1. The summed E-state index contributed by atoms with van der Waals surface area (Å²) in [7, 11) is 0. The lowest BCUT2D eigenvalue weighted by molar-refractivity contribution is 0.722. The lowest BCUT2D eigenvalue weighted by Gasteiger charge is -2.29. The highest BCUT2D eigenvalue weighted by molar-refractivity contribution is 7.19. The van der Waals surface area contributed by atoms with E-state index >= 15 is 0 Å². The molecule has 4 aromatic carbocycles. The van der Waals surface area contributed by atoms with Crippen LogP contribution < -0.4 is 4.90 Å². The first-order valence-corrected chi connectivity index (χ1v) is 13.6. The molecule has 0 saturated carbocycles. The van der Waals surface area contributed by atoms with E-state index in [0.29, 0.717) is 17.6 Å². The highest BCUT2D eigenvalue weighted by atomic mass is 32.1. The molecule has 2 atom stereocenters. The predicted octanol–water partition coefficient (Wildman–Crippen LogP) is 8.10. The zero-order valence-electron chi connectivity index (χ0n) is 20.4. The molecule has 2 aliphatic rings. The Hall–Kier alpha value is -4.61. The van der Waals surface area contributed by atoms with Crippen LogP contribution in [0.5, 0.6) is 0 Å². The van der Waals surface area contributed by atoms with Crippen LogP contribution in [-0.4, -0.2) is 21.0 Å². The molecule has 0 bridgehead atoms. The smallest absolute Gasteiger partial charge is 0.234 e. The molecule has 1 aliphatic carbocycles. The molecule has 1 aliphatic heterocycles. The summed E-state index contributed by atoms with van der Waals surface area (Å²) in [5.74, 6) is 2.25. The van der Waals surface area contributed by atoms with Crippen LogP contribution in [-0.2, 0) is 0 Å². The van der Waals surface area contributed by atoms with Crippen molar-refractivity contribution < 1.29 is 0 Å². The molecule has 180 valence electrons. The van der Waals surface area contributed by atoms with Crippen molar-refractivity contribution in [1.29, 1.82) is 0 Å². The maximum absolute atomic E-state index is 5.07. The van der Waals surface area contributed by atoms with Gasteiger partial charge < -0.3 is 4.90 Å². The number of thiophene rings is 1. The fraction of sp³-hybridized carbons (Fsp3) is 0.0606. The van der Waals surface area contributed by atoms with Gasteiger partial charge >= 0.3 is 0 Å². The summed E-state index contributed by atoms with van der Waals surface area (Å²) in [6.45, 7) is 0. The number of hydrogen-bond acceptors (Lipinski definition) is 5. The van der Waals surface area contributed by atoms with Crippen molar-refractivity contribution in [2.24, 2.45) is 0 Å². The third kappa shape index (κ3) is 3.25. The average molecular weight is 507 g/mol. The molecule has 6 aromatic rings. The van der Waals surface area contributed by atoms with E-state index in [0.717, 1.165) is 16.8 Å². The molecule has 0 N–H and O–H groups in total. The zero-order valence-corrected chi connectivity index (χ0v) is 21.2. The van der Waals surface area contributed by atoms with Crippen molar-refractivity contribution in [1.82, 2.24) is 15.0 Å². The standard InChI is InChI=1S/C33H22N4S/c1-3-11-21(12-4-1)31-34-32(22-13-5-2-6-14-22)36-33(35-31)37-26-17-9-7-16-25(26)29-27(37)20-19-24-23-15-8-10-18-28(23)38-30(24)29/h1-20,27,29H. The predicted molar refractivity (Wildman–Crippen MR) is 156 cm³/mol. The lowest BCUT2D eigenvalue weighted by atomic mass is 9.86. The summed E-state index contributed by atoms with van der Waals surface area (Å²) in [6, 6.07) is 37.8. The van der Waals surface area contributed by atoms with Crippen LogP contribution in [0.1, 0.15) is 21.9 Å². The Balaban J connectivity index is 1.34. The molecule has 2 unspecified atom stereocenters. The maximum atomic E-state index is 5.07. The molecule has 3 heterocycles. The van der Waals surface area contributed by atoms with E-state index in [9.17, 15) is 0 Å². The van der Waals surface area contributed by atoms with Gasteiger partial charge in [-0.3, -0.25) is 0 Å². The van der Waals surface area contributed by atoms with Crippen LogP contribution in [0.25, 0.3) is 38.9 Å². The first-order chi connectivity index (χ1) is 18.8. The highest BCUT2D eigenvalue weighted by Gasteiger charge is 2.43. The van der Waals surface area contributed by atoms with Crippen molar-refractivity contribution in [3.8, 4) is 22.8 Å². The minimum absolute atomic E-state index is 0.0857. The minimum Gasteiger partial charge on any atom is -0.302 e. The molecule has 0 amide bonds. The number of hydrogen-bond donors (Lipinski definition) is 0. The molecule has 8 rings (SSSR count). The van der Waals surface area contributed by atoms with Gasteiger partial charge in [-0.2, -0.15) is 9.97 Å². The molecule has 2 aromatic heterocycles. The van der Waals surface area contributed by atoms with Crippen LogP contribution in [0.2, 0.25) is 0 Å². The molecule has 4 nitrogen and oxygen atoms in total. The monoisotopic (exact) mass is 506 g/mol. The lowest BCUT2D eigenvalue weighted by Crippen LogP contribution is -2.31. The van der Waals surface area contributed by atoms with E-state index in [1.165, 1.54) is 26.1 Å². The van der Waals surface area contributed by atoms with Crippen molar-refractivity contribution in [2.45, 2.75) is 12.0 Å². The van der Waals surface area contributed by atoms with Crippen molar-refractivity contribution in [3.05, 3.63) is 131 Å². The van der Waals surface area contributed by atoms with Crippen molar-refractivity contribution in [2.75, 3.05) is 4.90 Å². The molecule has 0 spiro atoms. The summed E-state index contributed by atoms with van der Waals surface area (Å²) in [4.78, 5) is 18.8. The second-order valence-electron chi connectivity index (χ2n) is 9.65. The van der Waals surface area contributed by atoms with Gasteiger partial charge in [0, 0.05) is 32.3 Å². The van der Waals surface area contributed by atoms with Crippen LogP contribution >= 0.6 is 11.3 Å². The van der Waals surface area contributed by atoms with Crippen LogP contribution in [0.4, 0.5) is 11.6 Å². The van der Waals surface area contributed by atoms with Gasteiger partial charge in [0.1, 0.15) is 0 Å². The van der Waals surface area contributed by atoms with Gasteiger partial charge in [-0.15, -0.1) is 11.3 Å². The minimum atomic E-state index is 0.0857. The van der Waals surface area contributed by atoms with E-state index < -0.39 is 0 Å². The Kier molecular flexibility index (Phi) is 4.79. The van der Waals surface area contributed by atoms with Gasteiger partial charge in [0.2, 0.25) is 5.95 Å². The fourth-order valence-electron chi connectivity index (χ4n) is 5.79. The van der Waals surface area contributed by atoms with Gasteiger partial charge in [0.15, 0.2) is 11.6 Å². The van der Waals surface area contributed by atoms with Crippen molar-refractivity contribution >= 4 is 39.1 Å². The Bertz CT molecular complexity index is 1780. The van der Waals surface area contributed by atoms with Gasteiger partial charge in [-0.25, -0.2) is 4.98 Å². The van der Waals surface area contributed by atoms with E-state index in [4.69, 9.17) is 15.0 Å². The summed E-state index contributed by atoms with van der Waals surface area (Å²) in [6.07, 6.45) is 4.63. The third-order valence-corrected chi connectivity index (χ3v) is 8.75. The van der Waals surface area contributed by atoms with E-state index in [1.54, 1.807) is 0 Å². The first-order valence-electron chi connectivity index (χ1n) is 12.8. The summed E-state index contributed by atoms with van der Waals surface area (Å²) < 4.78 is 1.33. The Morgan fingerprint density at radius 1 is 0.632 bits per heavy atom. The molecule has 0 fully saturated rings. The number of anilines is 2. The molecule has 0 saturated heterocycles. The van der Waals surface area contributed by atoms with E-state index in [-0.39, 0.29) is 12.0 Å². The van der Waals surface area contributed by atoms with Crippen LogP contribution in [0.3, 0.4) is 0 Å². The second-order valence-corrected chi connectivity index (χ2v) is 10.7. The Labute approximate surface area is 224 Å².